The van der Waals surface area contributed by atoms with E-state index in [1.54, 1.807) is 0 Å². The first-order valence-corrected chi connectivity index (χ1v) is 13.5. The Morgan fingerprint density at radius 3 is 2.70 bits per heavy atom. The van der Waals surface area contributed by atoms with Crippen LogP contribution in [-0.2, 0) is 22.5 Å². The Balaban J connectivity index is 1.65. The van der Waals surface area contributed by atoms with Crippen molar-refractivity contribution in [3.63, 3.8) is 0 Å². The van der Waals surface area contributed by atoms with E-state index in [9.17, 15) is 4.79 Å². The van der Waals surface area contributed by atoms with Gasteiger partial charge in [0.1, 0.15) is 0 Å². The van der Waals surface area contributed by atoms with Gasteiger partial charge < -0.3 is 15.8 Å². The van der Waals surface area contributed by atoms with Gasteiger partial charge in [-0.05, 0) is 83.8 Å². The van der Waals surface area contributed by atoms with Crippen molar-refractivity contribution < 1.29 is 9.53 Å². The number of nitrogens with one attached hydrogen (secondary N) is 1. The molecule has 8 heteroatoms. The molecule has 8 nitrogen and oxygen atoms in total. The van der Waals surface area contributed by atoms with Crippen molar-refractivity contribution in [2.75, 3.05) is 24.7 Å². The van der Waals surface area contributed by atoms with Gasteiger partial charge in [-0.1, -0.05) is 43.5 Å². The van der Waals surface area contributed by atoms with Gasteiger partial charge >= 0.3 is 5.97 Å². The van der Waals surface area contributed by atoms with Crippen molar-refractivity contribution in [1.82, 2.24) is 20.2 Å². The fourth-order valence-corrected chi connectivity index (χ4v) is 5.51. The third-order valence-electron chi connectivity index (χ3n) is 7.76. The maximum absolute atomic E-state index is 12.7. The molecule has 0 amide bonds. The first kappa shape index (κ1) is 26.6. The number of carbonyl (C=O) groups is 1. The van der Waals surface area contributed by atoms with E-state index in [-0.39, 0.29) is 18.3 Å². The van der Waals surface area contributed by atoms with Gasteiger partial charge in [0.25, 0.3) is 0 Å². The number of hydrogen-bond donors (Lipinski definition) is 2. The highest BCUT2D eigenvalue weighted by molar-refractivity contribution is 5.75. The Bertz CT molecular complexity index is 1220. The van der Waals surface area contributed by atoms with E-state index in [0.29, 0.717) is 24.6 Å². The van der Waals surface area contributed by atoms with Crippen LogP contribution in [0.4, 0.5) is 11.4 Å². The fraction of sp³-hybridized carbons (Fsp3) is 0.517. The summed E-state index contributed by atoms with van der Waals surface area (Å²) in [5.74, 6) is 1.13. The lowest BCUT2D eigenvalue weighted by atomic mass is 9.83. The van der Waals surface area contributed by atoms with Crippen molar-refractivity contribution in [3.8, 4) is 0 Å². The molecule has 1 heterocycles. The number of aromatic nitrogens is 4. The molecule has 2 aromatic carbocycles. The van der Waals surface area contributed by atoms with E-state index in [1.807, 2.05) is 31.6 Å². The van der Waals surface area contributed by atoms with Crippen LogP contribution in [0.3, 0.4) is 0 Å². The summed E-state index contributed by atoms with van der Waals surface area (Å²) < 4.78 is 7.33. The number of hydrogen-bond acceptors (Lipinski definition) is 7. The van der Waals surface area contributed by atoms with Crippen LogP contribution in [0.5, 0.6) is 0 Å². The van der Waals surface area contributed by atoms with Gasteiger partial charge in [-0.3, -0.25) is 4.79 Å². The second-order valence-electron chi connectivity index (χ2n) is 10.2. The lowest BCUT2D eigenvalue weighted by Gasteiger charge is -2.23. The number of tetrazole rings is 1. The minimum atomic E-state index is -0.221. The van der Waals surface area contributed by atoms with E-state index in [2.05, 4.69) is 52.0 Å². The molecule has 1 aromatic heterocycles. The quantitative estimate of drug-likeness (QED) is 0.290. The molecule has 37 heavy (non-hydrogen) atoms. The zero-order valence-corrected chi connectivity index (χ0v) is 22.6. The summed E-state index contributed by atoms with van der Waals surface area (Å²) in [4.78, 5) is 12.7. The second-order valence-corrected chi connectivity index (χ2v) is 10.2. The summed E-state index contributed by atoms with van der Waals surface area (Å²) in [7, 11) is 1.86. The van der Waals surface area contributed by atoms with Crippen LogP contribution in [-0.4, -0.2) is 39.8 Å². The highest BCUT2D eigenvalue weighted by Gasteiger charge is 2.24. The van der Waals surface area contributed by atoms with E-state index in [4.69, 9.17) is 10.5 Å². The minimum Gasteiger partial charge on any atom is -0.466 e. The largest absolute Gasteiger partial charge is 0.466 e. The monoisotopic (exact) mass is 504 g/mol. The van der Waals surface area contributed by atoms with Crippen LogP contribution in [0.25, 0.3) is 0 Å². The predicted molar refractivity (Wildman–Crippen MR) is 147 cm³/mol. The maximum atomic E-state index is 12.7. The van der Waals surface area contributed by atoms with Crippen molar-refractivity contribution in [2.45, 2.75) is 78.2 Å². The number of ether oxygens (including phenoxy) is 1. The number of carbonyl (C=O) groups excluding carboxylic acids is 1. The Morgan fingerprint density at radius 1 is 1.19 bits per heavy atom. The van der Waals surface area contributed by atoms with Gasteiger partial charge in [-0.2, -0.15) is 0 Å². The van der Waals surface area contributed by atoms with Crippen LogP contribution in [0.15, 0.2) is 30.3 Å². The normalized spacial score (nSPS) is 14.9. The topological polar surface area (TPSA) is 108 Å². The molecule has 1 aliphatic carbocycles. The number of nitrogens with two attached hydrogens (primary N) is 1. The fourth-order valence-electron chi connectivity index (χ4n) is 5.51. The van der Waals surface area contributed by atoms with Crippen LogP contribution >= 0.6 is 0 Å². The molecule has 0 saturated heterocycles. The first-order chi connectivity index (χ1) is 17.9. The summed E-state index contributed by atoms with van der Waals surface area (Å²) in [5.41, 5.74) is 13.4. The molecule has 1 fully saturated rings. The lowest BCUT2D eigenvalue weighted by Crippen LogP contribution is -2.17. The van der Waals surface area contributed by atoms with Crippen molar-refractivity contribution in [2.24, 2.45) is 5.92 Å². The molecule has 0 bridgehead atoms. The molecule has 0 radical (unpaired) electrons. The van der Waals surface area contributed by atoms with Crippen LogP contribution in [0, 0.1) is 19.8 Å². The van der Waals surface area contributed by atoms with Gasteiger partial charge in [0.15, 0.2) is 5.82 Å². The van der Waals surface area contributed by atoms with Gasteiger partial charge in [0.05, 0.1) is 24.4 Å². The summed E-state index contributed by atoms with van der Waals surface area (Å²) in [5, 5.41) is 15.8. The Kier molecular flexibility index (Phi) is 8.79. The molecular formula is C29H40N6O2. The summed E-state index contributed by atoms with van der Waals surface area (Å²) in [6, 6.07) is 10.5. The van der Waals surface area contributed by atoms with Crippen LogP contribution < -0.4 is 11.1 Å². The Morgan fingerprint density at radius 2 is 1.97 bits per heavy atom. The smallest absolute Gasteiger partial charge is 0.306 e. The molecule has 198 valence electrons. The number of nitrogen functional groups attached to an aromatic ring is 1. The van der Waals surface area contributed by atoms with Gasteiger partial charge in [-0.25, -0.2) is 4.68 Å². The number of anilines is 2. The molecule has 3 aromatic rings. The van der Waals surface area contributed by atoms with Gasteiger partial charge in [0.2, 0.25) is 0 Å². The molecule has 1 saturated carbocycles. The van der Waals surface area contributed by atoms with Crippen molar-refractivity contribution in [3.05, 3.63) is 64.0 Å². The Labute approximate surface area is 220 Å². The van der Waals surface area contributed by atoms with E-state index < -0.39 is 0 Å². The second kappa shape index (κ2) is 12.2. The number of nitrogens with zero attached hydrogens (tertiary/aromatic N) is 4. The molecule has 0 aliphatic heterocycles. The van der Waals surface area contributed by atoms with Crippen molar-refractivity contribution >= 4 is 17.3 Å². The maximum Gasteiger partial charge on any atom is 0.306 e. The molecule has 0 spiro atoms. The zero-order chi connectivity index (χ0) is 26.4. The third kappa shape index (κ3) is 6.29. The number of aryl methyl sites for hydroxylation is 1. The predicted octanol–water partition coefficient (Wildman–Crippen LogP) is 5.17. The van der Waals surface area contributed by atoms with E-state index in [0.717, 1.165) is 40.3 Å². The van der Waals surface area contributed by atoms with Crippen LogP contribution in [0.2, 0.25) is 0 Å². The average molecular weight is 505 g/mol. The molecule has 3 N–H and O–H groups in total. The van der Waals surface area contributed by atoms with Gasteiger partial charge in [0, 0.05) is 25.9 Å². The van der Waals surface area contributed by atoms with Gasteiger partial charge in [-0.15, -0.1) is 5.10 Å². The van der Waals surface area contributed by atoms with E-state index >= 15 is 0 Å². The molecule has 1 aliphatic rings. The number of rotatable bonds is 10. The summed E-state index contributed by atoms with van der Waals surface area (Å²) in [6.07, 6.45) is 7.31. The van der Waals surface area contributed by atoms with Crippen LogP contribution in [0.1, 0.15) is 85.0 Å². The molecule has 1 unspecified atom stereocenters. The van der Waals surface area contributed by atoms with Crippen molar-refractivity contribution in [1.29, 1.82) is 0 Å². The SMILES string of the molecule is CCOC(=O)CC(c1ccc(C)c(Cc2nnnn2CC2CCCCC2)c1)c1ccc(NC)c(N)c1C. The first-order valence-electron chi connectivity index (χ1n) is 13.5. The standard InChI is InChI=1S/C29H40N6O2/c1-5-37-28(36)17-25(24-13-14-26(31-4)29(30)20(24)3)22-12-11-19(2)23(15-22)16-27-32-33-34-35(27)18-21-9-7-6-8-10-21/h11-15,21,25,31H,5-10,16-18,30H2,1-4H3. The molecule has 1 atom stereocenters. The lowest BCUT2D eigenvalue weighted by molar-refractivity contribution is -0.143. The highest BCUT2D eigenvalue weighted by Crippen LogP contribution is 2.36. The molecule has 4 rings (SSSR count). The Hall–Kier alpha value is -3.42. The summed E-state index contributed by atoms with van der Waals surface area (Å²) in [6.45, 7) is 7.19. The summed E-state index contributed by atoms with van der Waals surface area (Å²) >= 11 is 0. The third-order valence-corrected chi connectivity index (χ3v) is 7.76. The zero-order valence-electron chi connectivity index (χ0n) is 22.6. The number of esters is 1. The number of benzene rings is 2. The highest BCUT2D eigenvalue weighted by atomic mass is 16.5. The van der Waals surface area contributed by atoms with E-state index in [1.165, 1.54) is 37.7 Å². The average Bonchev–Trinajstić information content (AvgIpc) is 3.33. The molecular weight excluding hydrogens is 464 g/mol. The minimum absolute atomic E-state index is 0.176.